The molecule has 1 saturated heterocycles. The smallest absolute Gasteiger partial charge is 0.109 e. The van der Waals surface area contributed by atoms with Gasteiger partial charge in [-0.3, -0.25) is 0 Å². The van der Waals surface area contributed by atoms with Gasteiger partial charge in [-0.1, -0.05) is 72.9 Å². The van der Waals surface area contributed by atoms with Crippen molar-refractivity contribution in [1.82, 2.24) is 4.90 Å². The molecule has 1 fully saturated rings. The summed E-state index contributed by atoms with van der Waals surface area (Å²) in [5.74, 6) is 0.794. The molecule has 2 aromatic carbocycles. The Bertz CT molecular complexity index is 571. The molecule has 0 amide bonds. The lowest BCUT2D eigenvalue weighted by atomic mass is 9.90. The minimum absolute atomic E-state index is 0.794. The lowest BCUT2D eigenvalue weighted by Crippen LogP contribution is -2.38. The average molecular weight is 295 g/mol. The average Bonchev–Trinajstić information content (AvgIpc) is 2.57. The molecule has 0 bridgehead atoms. The van der Waals surface area contributed by atoms with Gasteiger partial charge in [0.2, 0.25) is 0 Å². The van der Waals surface area contributed by atoms with Crippen LogP contribution in [0.1, 0.15) is 24.0 Å². The van der Waals surface area contributed by atoms with Gasteiger partial charge in [0.25, 0.3) is 0 Å². The van der Waals surface area contributed by atoms with E-state index in [1.165, 1.54) is 30.4 Å². The largest absolute Gasteiger partial charge is 0.362 e. The van der Waals surface area contributed by atoms with Crippen LogP contribution in [0, 0.1) is 5.92 Å². The molecule has 0 unspecified atom stereocenters. The van der Waals surface area contributed by atoms with Crippen LogP contribution in [0.2, 0.25) is 0 Å². The van der Waals surface area contributed by atoms with E-state index in [0.717, 1.165) is 24.0 Å². The second-order valence-electron chi connectivity index (χ2n) is 5.79. The zero-order valence-corrected chi connectivity index (χ0v) is 13.1. The molecule has 0 N–H and O–H groups in total. The molecule has 1 heterocycles. The number of benzene rings is 2. The summed E-state index contributed by atoms with van der Waals surface area (Å²) in [7, 11) is 0. The number of piperidine rings is 1. The van der Waals surface area contributed by atoms with Gasteiger partial charge in [0.1, 0.15) is 4.99 Å². The molecule has 0 radical (unpaired) electrons. The van der Waals surface area contributed by atoms with Crippen LogP contribution in [-0.2, 0) is 6.42 Å². The highest BCUT2D eigenvalue weighted by atomic mass is 32.1. The van der Waals surface area contributed by atoms with Crippen molar-refractivity contribution in [2.75, 3.05) is 13.1 Å². The van der Waals surface area contributed by atoms with Crippen molar-refractivity contribution in [3.05, 3.63) is 71.8 Å². The van der Waals surface area contributed by atoms with Gasteiger partial charge < -0.3 is 4.90 Å². The normalized spacial score (nSPS) is 15.9. The molecule has 3 rings (SSSR count). The third kappa shape index (κ3) is 3.70. The fourth-order valence-corrected chi connectivity index (χ4v) is 3.37. The highest BCUT2D eigenvalue weighted by Gasteiger charge is 2.21. The van der Waals surface area contributed by atoms with Crippen LogP contribution in [0.25, 0.3) is 0 Å². The Morgan fingerprint density at radius 3 is 2.10 bits per heavy atom. The Hall–Kier alpha value is -1.67. The lowest BCUT2D eigenvalue weighted by molar-refractivity contribution is 0.268. The van der Waals surface area contributed by atoms with Gasteiger partial charge in [-0.25, -0.2) is 0 Å². The zero-order chi connectivity index (χ0) is 14.5. The monoisotopic (exact) mass is 295 g/mol. The van der Waals surface area contributed by atoms with E-state index in [0.29, 0.717) is 0 Å². The highest BCUT2D eigenvalue weighted by Crippen LogP contribution is 2.23. The van der Waals surface area contributed by atoms with Gasteiger partial charge in [-0.05, 0) is 30.7 Å². The van der Waals surface area contributed by atoms with Crippen molar-refractivity contribution in [3.8, 4) is 0 Å². The Balaban J connectivity index is 1.54. The van der Waals surface area contributed by atoms with E-state index in [-0.39, 0.29) is 0 Å². The van der Waals surface area contributed by atoms with E-state index >= 15 is 0 Å². The predicted molar refractivity (Wildman–Crippen MR) is 92.6 cm³/mol. The molecule has 108 valence electrons. The summed E-state index contributed by atoms with van der Waals surface area (Å²) in [5.41, 5.74) is 2.63. The minimum atomic E-state index is 0.794. The molecule has 1 nitrogen and oxygen atoms in total. The Kier molecular flexibility index (Phi) is 4.66. The van der Waals surface area contributed by atoms with Crippen LogP contribution >= 0.6 is 12.2 Å². The van der Waals surface area contributed by atoms with Gasteiger partial charge in [-0.15, -0.1) is 0 Å². The first-order valence-corrected chi connectivity index (χ1v) is 8.12. The van der Waals surface area contributed by atoms with Crippen molar-refractivity contribution in [2.24, 2.45) is 5.92 Å². The van der Waals surface area contributed by atoms with E-state index in [1.54, 1.807) is 0 Å². The maximum absolute atomic E-state index is 5.63. The Morgan fingerprint density at radius 1 is 0.905 bits per heavy atom. The molecule has 21 heavy (non-hydrogen) atoms. The lowest BCUT2D eigenvalue weighted by Gasteiger charge is -2.34. The van der Waals surface area contributed by atoms with Gasteiger partial charge in [0.05, 0.1) is 0 Å². The first-order chi connectivity index (χ1) is 10.3. The number of hydrogen-bond donors (Lipinski definition) is 0. The summed E-state index contributed by atoms with van der Waals surface area (Å²) >= 11 is 5.63. The summed E-state index contributed by atoms with van der Waals surface area (Å²) in [6.45, 7) is 2.18. The van der Waals surface area contributed by atoms with Crippen LogP contribution in [-0.4, -0.2) is 23.0 Å². The van der Waals surface area contributed by atoms with E-state index in [1.807, 2.05) is 6.07 Å². The fourth-order valence-electron chi connectivity index (χ4n) is 3.05. The van der Waals surface area contributed by atoms with Crippen LogP contribution in [0.15, 0.2) is 60.7 Å². The molecule has 2 heteroatoms. The number of rotatable bonds is 3. The molecule has 1 aliphatic heterocycles. The van der Waals surface area contributed by atoms with E-state index in [9.17, 15) is 0 Å². The van der Waals surface area contributed by atoms with Crippen LogP contribution in [0.5, 0.6) is 0 Å². The Labute approximate surface area is 132 Å². The van der Waals surface area contributed by atoms with E-state index < -0.39 is 0 Å². The first-order valence-electron chi connectivity index (χ1n) is 7.71. The highest BCUT2D eigenvalue weighted by molar-refractivity contribution is 7.80. The zero-order valence-electron chi connectivity index (χ0n) is 12.2. The van der Waals surface area contributed by atoms with Crippen molar-refractivity contribution >= 4 is 17.2 Å². The Morgan fingerprint density at radius 2 is 1.48 bits per heavy atom. The standard InChI is InChI=1S/C19H21NS/c21-19(18-9-5-2-6-10-18)20-13-11-17(12-14-20)15-16-7-3-1-4-8-16/h1-10,17H,11-15H2. The van der Waals surface area contributed by atoms with Crippen LogP contribution in [0.4, 0.5) is 0 Å². The SMILES string of the molecule is S=C(c1ccccc1)N1CCC(Cc2ccccc2)CC1. The summed E-state index contributed by atoms with van der Waals surface area (Å²) in [6, 6.07) is 21.2. The quantitative estimate of drug-likeness (QED) is 0.776. The van der Waals surface area contributed by atoms with E-state index in [4.69, 9.17) is 12.2 Å². The third-order valence-electron chi connectivity index (χ3n) is 4.29. The second kappa shape index (κ2) is 6.86. The molecule has 0 saturated carbocycles. The summed E-state index contributed by atoms with van der Waals surface area (Å²) in [4.78, 5) is 3.38. The molecule has 1 aliphatic rings. The van der Waals surface area contributed by atoms with Gasteiger partial charge in [0.15, 0.2) is 0 Å². The molecular formula is C19H21NS. The second-order valence-corrected chi connectivity index (χ2v) is 6.18. The van der Waals surface area contributed by atoms with E-state index in [2.05, 4.69) is 59.5 Å². The molecule has 0 aliphatic carbocycles. The number of thiocarbonyl (C=S) groups is 1. The summed E-state index contributed by atoms with van der Waals surface area (Å²) in [6.07, 6.45) is 3.68. The number of likely N-dealkylation sites (tertiary alicyclic amines) is 1. The summed E-state index contributed by atoms with van der Waals surface area (Å²) in [5, 5.41) is 0. The van der Waals surface area contributed by atoms with Gasteiger partial charge in [-0.2, -0.15) is 0 Å². The molecule has 0 aromatic heterocycles. The van der Waals surface area contributed by atoms with Crippen LogP contribution < -0.4 is 0 Å². The first kappa shape index (κ1) is 14.3. The summed E-state index contributed by atoms with van der Waals surface area (Å²) < 4.78 is 0. The number of nitrogens with zero attached hydrogens (tertiary/aromatic N) is 1. The van der Waals surface area contributed by atoms with Gasteiger partial charge >= 0.3 is 0 Å². The minimum Gasteiger partial charge on any atom is -0.362 e. The van der Waals surface area contributed by atoms with Crippen molar-refractivity contribution in [2.45, 2.75) is 19.3 Å². The predicted octanol–water partition coefficient (Wildman–Crippen LogP) is 4.32. The molecule has 0 atom stereocenters. The van der Waals surface area contributed by atoms with Crippen LogP contribution in [0.3, 0.4) is 0 Å². The maximum atomic E-state index is 5.63. The van der Waals surface area contributed by atoms with Crippen molar-refractivity contribution in [3.63, 3.8) is 0 Å². The third-order valence-corrected chi connectivity index (χ3v) is 4.78. The van der Waals surface area contributed by atoms with Crippen molar-refractivity contribution in [1.29, 1.82) is 0 Å². The fraction of sp³-hybridized carbons (Fsp3) is 0.316. The molecular weight excluding hydrogens is 274 g/mol. The number of hydrogen-bond acceptors (Lipinski definition) is 1. The molecule has 0 spiro atoms. The molecule has 2 aromatic rings. The van der Waals surface area contributed by atoms with Crippen molar-refractivity contribution < 1.29 is 0 Å². The maximum Gasteiger partial charge on any atom is 0.109 e. The topological polar surface area (TPSA) is 3.24 Å². The van der Waals surface area contributed by atoms with Gasteiger partial charge in [0, 0.05) is 18.7 Å².